The standard InChI is InChI=1S/C19H26FN3O2/c1-6-25-18-21-17(14-8-7-9-15(20)11-14)23(22-18)16(24)10-13(2)12-19(3,4)5/h7-9,11,13H,6,10,12H2,1-5H3. The molecule has 2 aromatic rings. The van der Waals surface area contributed by atoms with E-state index >= 15 is 0 Å². The number of nitrogens with zero attached hydrogens (tertiary/aromatic N) is 3. The molecule has 136 valence electrons. The van der Waals surface area contributed by atoms with E-state index in [0.29, 0.717) is 24.4 Å². The second-order valence-electron chi connectivity index (χ2n) is 7.54. The van der Waals surface area contributed by atoms with Gasteiger partial charge >= 0.3 is 6.01 Å². The van der Waals surface area contributed by atoms with Crippen molar-refractivity contribution < 1.29 is 13.9 Å². The van der Waals surface area contributed by atoms with Crippen molar-refractivity contribution in [1.29, 1.82) is 0 Å². The second kappa shape index (κ2) is 7.76. The normalized spacial score (nSPS) is 12.9. The van der Waals surface area contributed by atoms with Crippen LogP contribution in [0.3, 0.4) is 0 Å². The summed E-state index contributed by atoms with van der Waals surface area (Å²) in [7, 11) is 0. The quantitative estimate of drug-likeness (QED) is 0.767. The largest absolute Gasteiger partial charge is 0.463 e. The van der Waals surface area contributed by atoms with Crippen molar-refractivity contribution in [2.24, 2.45) is 11.3 Å². The Hall–Kier alpha value is -2.24. The second-order valence-corrected chi connectivity index (χ2v) is 7.54. The van der Waals surface area contributed by atoms with Gasteiger partial charge in [-0.2, -0.15) is 9.67 Å². The van der Waals surface area contributed by atoms with Crippen molar-refractivity contribution in [2.75, 3.05) is 6.61 Å². The van der Waals surface area contributed by atoms with Crippen molar-refractivity contribution in [3.05, 3.63) is 30.1 Å². The number of halogens is 1. The Labute approximate surface area is 148 Å². The summed E-state index contributed by atoms with van der Waals surface area (Å²) in [4.78, 5) is 17.0. The first-order valence-corrected chi connectivity index (χ1v) is 8.58. The fourth-order valence-corrected chi connectivity index (χ4v) is 2.97. The fourth-order valence-electron chi connectivity index (χ4n) is 2.97. The SMILES string of the molecule is CCOc1nc(-c2cccc(F)c2)n(C(=O)CC(C)CC(C)(C)C)n1. The van der Waals surface area contributed by atoms with Gasteiger partial charge in [0.25, 0.3) is 0 Å². The van der Waals surface area contributed by atoms with Crippen LogP contribution in [-0.2, 0) is 0 Å². The molecular formula is C19H26FN3O2. The van der Waals surface area contributed by atoms with Crippen molar-refractivity contribution in [3.63, 3.8) is 0 Å². The molecule has 2 rings (SSSR count). The fraction of sp³-hybridized carbons (Fsp3) is 0.526. The molecule has 0 aliphatic carbocycles. The zero-order valence-corrected chi connectivity index (χ0v) is 15.5. The molecule has 0 aliphatic heterocycles. The number of ether oxygens (including phenoxy) is 1. The lowest BCUT2D eigenvalue weighted by Gasteiger charge is -2.22. The van der Waals surface area contributed by atoms with Crippen molar-refractivity contribution in [3.8, 4) is 17.4 Å². The maximum Gasteiger partial charge on any atom is 0.336 e. The zero-order chi connectivity index (χ0) is 18.6. The Kier molecular flexibility index (Phi) is 5.93. The highest BCUT2D eigenvalue weighted by Crippen LogP contribution is 2.27. The third kappa shape index (κ3) is 5.37. The highest BCUT2D eigenvalue weighted by Gasteiger charge is 2.23. The minimum Gasteiger partial charge on any atom is -0.463 e. The van der Waals surface area contributed by atoms with Crippen LogP contribution in [-0.4, -0.2) is 27.3 Å². The lowest BCUT2D eigenvalue weighted by molar-refractivity contribution is 0.0856. The molecule has 0 spiro atoms. The summed E-state index contributed by atoms with van der Waals surface area (Å²) < 4.78 is 20.1. The number of aromatic nitrogens is 3. The van der Waals surface area contributed by atoms with Gasteiger partial charge in [-0.25, -0.2) is 4.39 Å². The van der Waals surface area contributed by atoms with Gasteiger partial charge in [-0.3, -0.25) is 4.79 Å². The molecule has 0 saturated carbocycles. The number of hydrogen-bond acceptors (Lipinski definition) is 4. The first-order chi connectivity index (χ1) is 11.7. The molecule has 1 heterocycles. The highest BCUT2D eigenvalue weighted by atomic mass is 19.1. The average Bonchev–Trinajstić information content (AvgIpc) is 2.89. The molecule has 0 amide bonds. The van der Waals surface area contributed by atoms with Gasteiger partial charge in [0.2, 0.25) is 5.91 Å². The van der Waals surface area contributed by atoms with Crippen LogP contribution in [0, 0.1) is 17.2 Å². The van der Waals surface area contributed by atoms with Gasteiger partial charge in [-0.15, -0.1) is 5.10 Å². The average molecular weight is 347 g/mol. The molecule has 1 aromatic heterocycles. The molecule has 0 bridgehead atoms. The molecule has 1 aromatic carbocycles. The van der Waals surface area contributed by atoms with Crippen molar-refractivity contribution in [1.82, 2.24) is 14.8 Å². The van der Waals surface area contributed by atoms with E-state index in [4.69, 9.17) is 4.74 Å². The van der Waals surface area contributed by atoms with Crippen molar-refractivity contribution in [2.45, 2.75) is 47.5 Å². The Morgan fingerprint density at radius 2 is 2.08 bits per heavy atom. The Morgan fingerprint density at radius 3 is 2.68 bits per heavy atom. The first kappa shape index (κ1) is 19.1. The Morgan fingerprint density at radius 1 is 1.36 bits per heavy atom. The lowest BCUT2D eigenvalue weighted by Crippen LogP contribution is -2.20. The molecule has 5 nitrogen and oxygen atoms in total. The van der Waals surface area contributed by atoms with Gasteiger partial charge in [0.05, 0.1) is 6.61 Å². The lowest BCUT2D eigenvalue weighted by atomic mass is 9.84. The zero-order valence-electron chi connectivity index (χ0n) is 15.5. The number of rotatable bonds is 6. The van der Waals surface area contributed by atoms with Crippen LogP contribution in [0.4, 0.5) is 4.39 Å². The third-order valence-corrected chi connectivity index (χ3v) is 3.66. The Bertz CT molecular complexity index is 735. The van der Waals surface area contributed by atoms with E-state index in [1.165, 1.54) is 16.8 Å². The van der Waals surface area contributed by atoms with Crippen LogP contribution in [0.25, 0.3) is 11.4 Å². The van der Waals surface area contributed by atoms with Gasteiger partial charge in [-0.05, 0) is 36.8 Å². The van der Waals surface area contributed by atoms with Crippen LogP contribution in [0.15, 0.2) is 24.3 Å². The number of hydrogen-bond donors (Lipinski definition) is 0. The predicted molar refractivity (Wildman–Crippen MR) is 95.1 cm³/mol. The Balaban J connectivity index is 2.30. The summed E-state index contributed by atoms with van der Waals surface area (Å²) in [5.74, 6) is -0.0588. The molecule has 0 aliphatic rings. The number of carbonyl (C=O) groups is 1. The summed E-state index contributed by atoms with van der Waals surface area (Å²) in [5.41, 5.74) is 0.638. The summed E-state index contributed by atoms with van der Waals surface area (Å²) in [6.07, 6.45) is 1.26. The molecule has 0 saturated heterocycles. The van der Waals surface area contributed by atoms with E-state index in [-0.39, 0.29) is 23.3 Å². The van der Waals surface area contributed by atoms with Crippen LogP contribution in [0.5, 0.6) is 6.01 Å². The maximum atomic E-state index is 13.6. The van der Waals surface area contributed by atoms with Gasteiger partial charge in [0.15, 0.2) is 5.82 Å². The van der Waals surface area contributed by atoms with Crippen LogP contribution >= 0.6 is 0 Å². The molecule has 6 heteroatoms. The molecule has 1 atom stereocenters. The van der Waals surface area contributed by atoms with Crippen LogP contribution < -0.4 is 4.74 Å². The monoisotopic (exact) mass is 347 g/mol. The maximum absolute atomic E-state index is 13.6. The van der Waals surface area contributed by atoms with E-state index in [1.807, 2.05) is 13.8 Å². The van der Waals surface area contributed by atoms with E-state index < -0.39 is 5.82 Å². The van der Waals surface area contributed by atoms with Gasteiger partial charge in [0.1, 0.15) is 5.82 Å². The van der Waals surface area contributed by atoms with E-state index in [0.717, 1.165) is 6.42 Å². The van der Waals surface area contributed by atoms with E-state index in [9.17, 15) is 9.18 Å². The number of benzene rings is 1. The van der Waals surface area contributed by atoms with Gasteiger partial charge in [0, 0.05) is 12.0 Å². The summed E-state index contributed by atoms with van der Waals surface area (Å²) >= 11 is 0. The topological polar surface area (TPSA) is 57.0 Å². The first-order valence-electron chi connectivity index (χ1n) is 8.58. The minimum atomic E-state index is -0.390. The minimum absolute atomic E-state index is 0.124. The molecule has 25 heavy (non-hydrogen) atoms. The van der Waals surface area contributed by atoms with E-state index in [1.54, 1.807) is 12.1 Å². The molecule has 0 fully saturated rings. The van der Waals surface area contributed by atoms with Crippen LogP contribution in [0.2, 0.25) is 0 Å². The van der Waals surface area contributed by atoms with Gasteiger partial charge < -0.3 is 4.74 Å². The van der Waals surface area contributed by atoms with E-state index in [2.05, 4.69) is 30.9 Å². The summed E-state index contributed by atoms with van der Waals surface area (Å²) in [6, 6.07) is 6.09. The molecule has 0 N–H and O–H groups in total. The predicted octanol–water partition coefficient (Wildman–Crippen LogP) is 4.59. The molecule has 0 radical (unpaired) electrons. The number of carbonyl (C=O) groups excluding carboxylic acids is 1. The van der Waals surface area contributed by atoms with Crippen LogP contribution in [0.1, 0.15) is 52.3 Å². The van der Waals surface area contributed by atoms with Crippen molar-refractivity contribution >= 4 is 5.91 Å². The molecule has 1 unspecified atom stereocenters. The van der Waals surface area contributed by atoms with Gasteiger partial charge in [-0.1, -0.05) is 39.8 Å². The summed E-state index contributed by atoms with van der Waals surface area (Å²) in [6.45, 7) is 10.7. The summed E-state index contributed by atoms with van der Waals surface area (Å²) in [5, 5.41) is 4.17. The highest BCUT2D eigenvalue weighted by molar-refractivity contribution is 5.82. The smallest absolute Gasteiger partial charge is 0.336 e. The third-order valence-electron chi connectivity index (χ3n) is 3.66. The molecular weight excluding hydrogens is 321 g/mol.